The monoisotopic (exact) mass is 371 g/mol. The lowest BCUT2D eigenvalue weighted by Gasteiger charge is -2.22. The van der Waals surface area contributed by atoms with Crippen molar-refractivity contribution in [2.24, 2.45) is 0 Å². The number of halogens is 1. The fourth-order valence-corrected chi connectivity index (χ4v) is 2.86. The summed E-state index contributed by atoms with van der Waals surface area (Å²) in [5.41, 5.74) is 1.93. The average Bonchev–Trinajstić information content (AvgIpc) is 2.86. The number of hydrogen-bond acceptors (Lipinski definition) is 4. The highest BCUT2D eigenvalue weighted by Crippen LogP contribution is 2.29. The van der Waals surface area contributed by atoms with Crippen molar-refractivity contribution in [2.75, 3.05) is 7.11 Å². The van der Waals surface area contributed by atoms with Crippen molar-refractivity contribution >= 4 is 17.8 Å². The van der Waals surface area contributed by atoms with E-state index in [0.29, 0.717) is 21.9 Å². The quantitative estimate of drug-likeness (QED) is 0.786. The zero-order valence-corrected chi connectivity index (χ0v) is 14.8. The summed E-state index contributed by atoms with van der Waals surface area (Å²) in [5.74, 6) is -1.09. The Hall–Kier alpha value is -3.42. The van der Waals surface area contributed by atoms with Crippen molar-refractivity contribution in [2.45, 2.75) is 18.9 Å². The van der Waals surface area contributed by atoms with Gasteiger partial charge in [0.25, 0.3) is 5.91 Å². The molecule has 1 aliphatic rings. The van der Waals surface area contributed by atoms with Crippen molar-refractivity contribution in [3.05, 3.63) is 65.5 Å². The third kappa shape index (κ3) is 3.59. The molecule has 1 heterocycles. The summed E-state index contributed by atoms with van der Waals surface area (Å²) in [7, 11) is 1.52. The minimum Gasteiger partial charge on any atom is -0.497 e. The van der Waals surface area contributed by atoms with Crippen molar-refractivity contribution < 1.29 is 23.5 Å². The van der Waals surface area contributed by atoms with E-state index in [2.05, 4.69) is 10.7 Å². The van der Waals surface area contributed by atoms with Gasteiger partial charge in [-0.15, -0.1) is 0 Å². The fourth-order valence-electron chi connectivity index (χ4n) is 2.86. The molecule has 0 saturated carbocycles. The number of nitrogens with zero attached hydrogens (tertiary/aromatic N) is 1. The highest BCUT2D eigenvalue weighted by Gasteiger charge is 2.50. The first-order chi connectivity index (χ1) is 12.8. The lowest BCUT2D eigenvalue weighted by molar-refractivity contribution is -0.138. The number of carbonyl (C=O) groups excluding carboxylic acids is 3. The second-order valence-electron chi connectivity index (χ2n) is 6.27. The first-order valence-corrected chi connectivity index (χ1v) is 8.18. The van der Waals surface area contributed by atoms with Gasteiger partial charge in [-0.3, -0.25) is 15.0 Å². The normalized spacial score (nSPS) is 19.0. The number of benzene rings is 2. The summed E-state index contributed by atoms with van der Waals surface area (Å²) >= 11 is 0. The molecule has 0 spiro atoms. The van der Waals surface area contributed by atoms with E-state index in [0.717, 1.165) is 0 Å². The lowest BCUT2D eigenvalue weighted by atomic mass is 9.92. The molecule has 8 heteroatoms. The molecule has 0 aromatic heterocycles. The van der Waals surface area contributed by atoms with Crippen LogP contribution in [0.1, 0.15) is 18.1 Å². The molecule has 3 rings (SSSR count). The maximum atomic E-state index is 13.2. The van der Waals surface area contributed by atoms with Gasteiger partial charge in [0.05, 0.1) is 13.5 Å². The predicted molar refractivity (Wildman–Crippen MR) is 94.0 cm³/mol. The van der Waals surface area contributed by atoms with Crippen LogP contribution >= 0.6 is 0 Å². The van der Waals surface area contributed by atoms with E-state index < -0.39 is 29.2 Å². The molecule has 0 aliphatic carbocycles. The number of hydrogen-bond donors (Lipinski definition) is 2. The zero-order valence-electron chi connectivity index (χ0n) is 14.8. The van der Waals surface area contributed by atoms with Crippen LogP contribution in [0.4, 0.5) is 9.18 Å². The van der Waals surface area contributed by atoms with Crippen molar-refractivity contribution in [3.8, 4) is 5.75 Å². The van der Waals surface area contributed by atoms with E-state index in [9.17, 15) is 18.8 Å². The third-order valence-electron chi connectivity index (χ3n) is 4.35. The van der Waals surface area contributed by atoms with Gasteiger partial charge >= 0.3 is 6.03 Å². The molecule has 2 N–H and O–H groups in total. The van der Waals surface area contributed by atoms with Crippen LogP contribution in [0.25, 0.3) is 0 Å². The predicted octanol–water partition coefficient (Wildman–Crippen LogP) is 1.88. The van der Waals surface area contributed by atoms with Crippen molar-refractivity contribution in [1.29, 1.82) is 0 Å². The second kappa shape index (κ2) is 7.06. The number of rotatable bonds is 5. The Morgan fingerprint density at radius 1 is 1.22 bits per heavy atom. The summed E-state index contributed by atoms with van der Waals surface area (Å²) in [6.45, 7) is 1.55. The van der Waals surface area contributed by atoms with E-state index in [1.807, 2.05) is 0 Å². The summed E-state index contributed by atoms with van der Waals surface area (Å²) in [6, 6.07) is 11.5. The van der Waals surface area contributed by atoms with E-state index in [1.54, 1.807) is 37.3 Å². The molecular weight excluding hydrogens is 353 g/mol. The van der Waals surface area contributed by atoms with Crippen molar-refractivity contribution in [1.82, 2.24) is 15.8 Å². The number of ether oxygens (including phenoxy) is 1. The van der Waals surface area contributed by atoms with Gasteiger partial charge in [-0.1, -0.05) is 24.3 Å². The molecule has 1 aliphatic heterocycles. The molecule has 140 valence electrons. The minimum atomic E-state index is -1.32. The first kappa shape index (κ1) is 18.4. The SMILES string of the molecule is COc1ccc([C@]2(C)NC(=O)N(NC(=O)Cc3cccc(F)c3)C2=O)cc1. The molecule has 1 fully saturated rings. The summed E-state index contributed by atoms with van der Waals surface area (Å²) in [5, 5.41) is 3.23. The smallest absolute Gasteiger partial charge is 0.344 e. The molecular formula is C19H18FN3O4. The molecule has 7 nitrogen and oxygen atoms in total. The van der Waals surface area contributed by atoms with Crippen LogP contribution in [0.2, 0.25) is 0 Å². The molecule has 0 radical (unpaired) electrons. The number of methoxy groups -OCH3 is 1. The number of carbonyl (C=O) groups is 3. The van der Waals surface area contributed by atoms with Gasteiger partial charge in [0.2, 0.25) is 5.91 Å². The van der Waals surface area contributed by atoms with Crippen LogP contribution in [0.3, 0.4) is 0 Å². The Balaban J connectivity index is 1.74. The Morgan fingerprint density at radius 2 is 1.93 bits per heavy atom. The maximum Gasteiger partial charge on any atom is 0.344 e. The Labute approximate surface area is 155 Å². The molecule has 27 heavy (non-hydrogen) atoms. The summed E-state index contributed by atoms with van der Waals surface area (Å²) in [6.07, 6.45) is -0.173. The standard InChI is InChI=1S/C19H18FN3O4/c1-19(13-6-8-15(27-2)9-7-13)17(25)23(18(26)21-19)22-16(24)11-12-4-3-5-14(20)10-12/h3-10H,11H2,1-2H3,(H,21,26)(H,22,24)/t19-/m0/s1. The number of nitrogens with one attached hydrogen (secondary N) is 2. The van der Waals surface area contributed by atoms with Crippen LogP contribution in [-0.2, 0) is 21.5 Å². The summed E-state index contributed by atoms with van der Waals surface area (Å²) < 4.78 is 18.3. The lowest BCUT2D eigenvalue weighted by Crippen LogP contribution is -2.48. The van der Waals surface area contributed by atoms with Crippen LogP contribution in [0.5, 0.6) is 5.75 Å². The highest BCUT2D eigenvalue weighted by atomic mass is 19.1. The zero-order chi connectivity index (χ0) is 19.6. The van der Waals surface area contributed by atoms with Crippen LogP contribution in [0, 0.1) is 5.82 Å². The maximum absolute atomic E-state index is 13.2. The third-order valence-corrected chi connectivity index (χ3v) is 4.35. The topological polar surface area (TPSA) is 87.7 Å². The number of urea groups is 1. The fraction of sp³-hybridized carbons (Fsp3) is 0.211. The van der Waals surface area contributed by atoms with Gasteiger partial charge in [0.15, 0.2) is 0 Å². The number of hydrazine groups is 1. The number of amides is 4. The average molecular weight is 371 g/mol. The van der Waals surface area contributed by atoms with Gasteiger partial charge in [0, 0.05) is 0 Å². The molecule has 0 unspecified atom stereocenters. The Morgan fingerprint density at radius 3 is 2.56 bits per heavy atom. The minimum absolute atomic E-state index is 0.173. The largest absolute Gasteiger partial charge is 0.497 e. The molecule has 1 atom stereocenters. The van der Waals surface area contributed by atoms with Crippen LogP contribution in [-0.4, -0.2) is 30.0 Å². The first-order valence-electron chi connectivity index (χ1n) is 8.18. The number of imide groups is 1. The molecule has 4 amide bonds. The van der Waals surface area contributed by atoms with Gasteiger partial charge < -0.3 is 10.1 Å². The van der Waals surface area contributed by atoms with Crippen LogP contribution < -0.4 is 15.5 Å². The van der Waals surface area contributed by atoms with Gasteiger partial charge in [-0.2, -0.15) is 5.01 Å². The van der Waals surface area contributed by atoms with Crippen LogP contribution in [0.15, 0.2) is 48.5 Å². The van der Waals surface area contributed by atoms with Gasteiger partial charge in [0.1, 0.15) is 17.1 Å². The Kier molecular flexibility index (Phi) is 4.81. The molecule has 0 bridgehead atoms. The van der Waals surface area contributed by atoms with E-state index in [4.69, 9.17) is 4.74 Å². The van der Waals surface area contributed by atoms with Crippen molar-refractivity contribution in [3.63, 3.8) is 0 Å². The highest BCUT2D eigenvalue weighted by molar-refractivity contribution is 6.08. The molecule has 2 aromatic rings. The molecule has 2 aromatic carbocycles. The van der Waals surface area contributed by atoms with Gasteiger partial charge in [-0.25, -0.2) is 9.18 Å². The van der Waals surface area contributed by atoms with E-state index >= 15 is 0 Å². The van der Waals surface area contributed by atoms with Gasteiger partial charge in [-0.05, 0) is 42.3 Å². The second-order valence-corrected chi connectivity index (χ2v) is 6.27. The molecule has 1 saturated heterocycles. The summed E-state index contributed by atoms with van der Waals surface area (Å²) in [4.78, 5) is 37.2. The Bertz CT molecular complexity index is 900. The van der Waals surface area contributed by atoms with E-state index in [-0.39, 0.29) is 6.42 Å². The van der Waals surface area contributed by atoms with E-state index in [1.165, 1.54) is 25.3 Å².